The fourth-order valence-corrected chi connectivity index (χ4v) is 1.72. The smallest absolute Gasteiger partial charge is 0.255 e. The first kappa shape index (κ1) is 10.2. The summed E-state index contributed by atoms with van der Waals surface area (Å²) in [5.41, 5.74) is -0.823. The van der Waals surface area contributed by atoms with Crippen molar-refractivity contribution in [3.8, 4) is 0 Å². The van der Waals surface area contributed by atoms with E-state index in [0.29, 0.717) is 0 Å². The molecule has 1 nitrogen and oxygen atoms in total. The highest BCUT2D eigenvalue weighted by atomic mass is 32.2. The largest absolute Gasteiger partial charge is 0.417 e. The molecule has 1 aromatic rings. The molecule has 1 rings (SSSR count). The third-order valence-corrected chi connectivity index (χ3v) is 2.48. The van der Waals surface area contributed by atoms with Gasteiger partial charge in [0.2, 0.25) is 0 Å². The van der Waals surface area contributed by atoms with Crippen LogP contribution in [0, 0.1) is 0 Å². The zero-order valence-corrected chi connectivity index (χ0v) is 7.58. The minimum Gasteiger partial charge on any atom is -0.255 e. The second-order valence-electron chi connectivity index (χ2n) is 2.45. The third kappa shape index (κ3) is 2.30. The van der Waals surface area contributed by atoms with E-state index in [1.54, 1.807) is 0 Å². The first-order chi connectivity index (χ1) is 5.93. The van der Waals surface area contributed by atoms with E-state index >= 15 is 0 Å². The van der Waals surface area contributed by atoms with Crippen LogP contribution in [-0.4, -0.2) is 10.5 Å². The molecule has 0 saturated carbocycles. The lowest BCUT2D eigenvalue weighted by Gasteiger charge is -2.09. The molecule has 0 spiro atoms. The van der Waals surface area contributed by atoms with Crippen molar-refractivity contribution in [2.45, 2.75) is 11.1 Å². The first-order valence-electron chi connectivity index (χ1n) is 3.42. The summed E-state index contributed by atoms with van der Waals surface area (Å²) in [4.78, 5) is -0.171. The van der Waals surface area contributed by atoms with Crippen molar-refractivity contribution in [3.63, 3.8) is 0 Å². The average molecular weight is 208 g/mol. The van der Waals surface area contributed by atoms with Crippen LogP contribution in [0.5, 0.6) is 0 Å². The van der Waals surface area contributed by atoms with Crippen LogP contribution in [0.25, 0.3) is 0 Å². The van der Waals surface area contributed by atoms with E-state index in [2.05, 4.69) is 0 Å². The van der Waals surface area contributed by atoms with Gasteiger partial charge in [0.15, 0.2) is 0 Å². The molecule has 0 unspecified atom stereocenters. The molecule has 13 heavy (non-hydrogen) atoms. The lowest BCUT2D eigenvalue weighted by molar-refractivity contribution is -0.139. The van der Waals surface area contributed by atoms with E-state index in [-0.39, 0.29) is 4.90 Å². The first-order valence-corrected chi connectivity index (χ1v) is 4.98. The molecule has 0 amide bonds. The second kappa shape index (κ2) is 3.49. The van der Waals surface area contributed by atoms with E-state index in [4.69, 9.17) is 0 Å². The maximum Gasteiger partial charge on any atom is 0.417 e. The predicted molar refractivity (Wildman–Crippen MR) is 43.8 cm³/mol. The molecule has 0 aliphatic carbocycles. The minimum absolute atomic E-state index is 0.171. The molecular weight excluding hydrogens is 201 g/mol. The SMILES string of the molecule is C[S@@](=O)c1ccccc1C(F)(F)F. The Bertz CT molecular complexity index is 332. The Morgan fingerprint density at radius 3 is 2.15 bits per heavy atom. The van der Waals surface area contributed by atoms with Crippen molar-refractivity contribution in [1.82, 2.24) is 0 Å². The fraction of sp³-hybridized carbons (Fsp3) is 0.250. The summed E-state index contributed by atoms with van der Waals surface area (Å²) >= 11 is 0. The molecule has 0 N–H and O–H groups in total. The maximum atomic E-state index is 12.3. The van der Waals surface area contributed by atoms with Gasteiger partial charge in [0.05, 0.1) is 21.3 Å². The van der Waals surface area contributed by atoms with Gasteiger partial charge in [0, 0.05) is 6.26 Å². The summed E-state index contributed by atoms with van der Waals surface area (Å²) in [5.74, 6) is 0. The lowest BCUT2D eigenvalue weighted by atomic mass is 10.2. The number of hydrogen-bond acceptors (Lipinski definition) is 1. The summed E-state index contributed by atoms with van der Waals surface area (Å²) in [6.07, 6.45) is -3.20. The van der Waals surface area contributed by atoms with Crippen LogP contribution in [0.1, 0.15) is 5.56 Å². The summed E-state index contributed by atoms with van der Waals surface area (Å²) in [5, 5.41) is 0. The third-order valence-electron chi connectivity index (χ3n) is 1.50. The predicted octanol–water partition coefficient (Wildman–Crippen LogP) is 2.44. The summed E-state index contributed by atoms with van der Waals surface area (Å²) in [6.45, 7) is 0. The van der Waals surface area contributed by atoms with Gasteiger partial charge in [-0.1, -0.05) is 12.1 Å². The minimum atomic E-state index is -4.43. The Morgan fingerprint density at radius 2 is 1.77 bits per heavy atom. The number of benzene rings is 1. The summed E-state index contributed by atoms with van der Waals surface area (Å²) in [7, 11) is -1.61. The molecule has 0 aliphatic rings. The van der Waals surface area contributed by atoms with Crippen molar-refractivity contribution in [1.29, 1.82) is 0 Å². The van der Waals surface area contributed by atoms with Gasteiger partial charge in [0.1, 0.15) is 0 Å². The molecule has 1 atom stereocenters. The average Bonchev–Trinajstić information content (AvgIpc) is 2.03. The molecular formula is C8H7F3OS. The Kier molecular flexibility index (Phi) is 2.75. The van der Waals surface area contributed by atoms with E-state index in [1.165, 1.54) is 24.5 Å². The molecule has 0 saturated heterocycles. The van der Waals surface area contributed by atoms with Crippen molar-refractivity contribution in [3.05, 3.63) is 29.8 Å². The number of halogens is 3. The van der Waals surface area contributed by atoms with E-state index in [1.807, 2.05) is 0 Å². The van der Waals surface area contributed by atoms with Crippen LogP contribution in [0.3, 0.4) is 0 Å². The summed E-state index contributed by atoms with van der Waals surface area (Å²) < 4.78 is 47.7. The van der Waals surface area contributed by atoms with Gasteiger partial charge in [-0.2, -0.15) is 13.2 Å². The molecule has 0 fully saturated rings. The molecule has 0 heterocycles. The topological polar surface area (TPSA) is 17.1 Å². The maximum absolute atomic E-state index is 12.3. The molecule has 1 aromatic carbocycles. The normalized spacial score (nSPS) is 14.2. The lowest BCUT2D eigenvalue weighted by Crippen LogP contribution is -2.09. The van der Waals surface area contributed by atoms with E-state index < -0.39 is 22.5 Å². The van der Waals surface area contributed by atoms with Gasteiger partial charge >= 0.3 is 6.18 Å². The Morgan fingerprint density at radius 1 is 1.23 bits per heavy atom. The van der Waals surface area contributed by atoms with E-state index in [0.717, 1.165) is 6.07 Å². The fourth-order valence-electron chi connectivity index (χ4n) is 0.951. The highest BCUT2D eigenvalue weighted by Crippen LogP contribution is 2.32. The number of alkyl halides is 3. The number of hydrogen-bond donors (Lipinski definition) is 0. The van der Waals surface area contributed by atoms with Crippen LogP contribution in [-0.2, 0) is 17.0 Å². The zero-order chi connectivity index (χ0) is 10.1. The van der Waals surface area contributed by atoms with Gasteiger partial charge in [-0.05, 0) is 12.1 Å². The highest BCUT2D eigenvalue weighted by Gasteiger charge is 2.33. The molecule has 0 radical (unpaired) electrons. The van der Waals surface area contributed by atoms with Gasteiger partial charge < -0.3 is 0 Å². The van der Waals surface area contributed by atoms with Crippen LogP contribution in [0.2, 0.25) is 0 Å². The van der Waals surface area contributed by atoms with Crippen LogP contribution < -0.4 is 0 Å². The van der Waals surface area contributed by atoms with Crippen molar-refractivity contribution >= 4 is 10.8 Å². The van der Waals surface area contributed by atoms with Gasteiger partial charge in [-0.15, -0.1) is 0 Å². The van der Waals surface area contributed by atoms with Crippen LogP contribution in [0.15, 0.2) is 29.2 Å². The summed E-state index contributed by atoms with van der Waals surface area (Å²) in [6, 6.07) is 4.86. The standard InChI is InChI=1S/C8H7F3OS/c1-13(12)7-5-3-2-4-6(7)8(9,10)11/h2-5H,1H3/t13-/m1/s1. The van der Waals surface area contributed by atoms with Crippen molar-refractivity contribution < 1.29 is 17.4 Å². The Balaban J connectivity index is 3.28. The molecule has 0 aromatic heterocycles. The van der Waals surface area contributed by atoms with Gasteiger partial charge in [-0.25, -0.2) is 0 Å². The Hall–Kier alpha value is -0.840. The second-order valence-corrected chi connectivity index (χ2v) is 3.80. The monoisotopic (exact) mass is 208 g/mol. The zero-order valence-electron chi connectivity index (χ0n) is 6.76. The Labute approximate surface area is 76.0 Å². The van der Waals surface area contributed by atoms with Gasteiger partial charge in [-0.3, -0.25) is 4.21 Å². The molecule has 72 valence electrons. The molecule has 0 bridgehead atoms. The number of rotatable bonds is 1. The highest BCUT2D eigenvalue weighted by molar-refractivity contribution is 7.84. The molecule has 5 heteroatoms. The van der Waals surface area contributed by atoms with E-state index in [9.17, 15) is 17.4 Å². The van der Waals surface area contributed by atoms with Crippen LogP contribution >= 0.6 is 0 Å². The van der Waals surface area contributed by atoms with Crippen LogP contribution in [0.4, 0.5) is 13.2 Å². The van der Waals surface area contributed by atoms with Gasteiger partial charge in [0.25, 0.3) is 0 Å². The molecule has 0 aliphatic heterocycles. The van der Waals surface area contributed by atoms with Crippen molar-refractivity contribution in [2.75, 3.05) is 6.26 Å². The van der Waals surface area contributed by atoms with Crippen molar-refractivity contribution in [2.24, 2.45) is 0 Å². The quantitative estimate of drug-likeness (QED) is 0.692.